The molecule has 2 N–H and O–H groups in total. The summed E-state index contributed by atoms with van der Waals surface area (Å²) in [6, 6.07) is 0. The predicted octanol–water partition coefficient (Wildman–Crippen LogP) is 1.08. The number of nitrogens with two attached hydrogens (primary N) is 1. The standard InChI is InChI=1S/C10H18N4/c1-2-14-10(9(11)7-12-14)8-13-5-3-4-6-13/h7H,2-6,8,11H2,1H3. The van der Waals surface area contributed by atoms with Crippen LogP contribution >= 0.6 is 0 Å². The number of anilines is 1. The summed E-state index contributed by atoms with van der Waals surface area (Å²) in [5.74, 6) is 0. The fourth-order valence-electron chi connectivity index (χ4n) is 2.02. The molecule has 1 aromatic rings. The van der Waals surface area contributed by atoms with E-state index in [1.807, 2.05) is 4.68 Å². The highest BCUT2D eigenvalue weighted by atomic mass is 15.3. The van der Waals surface area contributed by atoms with Crippen LogP contribution < -0.4 is 5.73 Å². The van der Waals surface area contributed by atoms with Gasteiger partial charge in [-0.25, -0.2) is 0 Å². The van der Waals surface area contributed by atoms with Crippen molar-refractivity contribution in [3.8, 4) is 0 Å². The molecule has 1 fully saturated rings. The van der Waals surface area contributed by atoms with Crippen molar-refractivity contribution in [1.82, 2.24) is 14.7 Å². The maximum Gasteiger partial charge on any atom is 0.0753 e. The van der Waals surface area contributed by atoms with Gasteiger partial charge in [0.15, 0.2) is 0 Å². The molecule has 1 saturated heterocycles. The molecule has 1 aliphatic rings. The number of likely N-dealkylation sites (tertiary alicyclic amines) is 1. The van der Waals surface area contributed by atoms with E-state index < -0.39 is 0 Å². The first-order valence-electron chi connectivity index (χ1n) is 5.33. The first-order valence-corrected chi connectivity index (χ1v) is 5.33. The summed E-state index contributed by atoms with van der Waals surface area (Å²) in [4.78, 5) is 2.44. The third-order valence-electron chi connectivity index (χ3n) is 2.85. The van der Waals surface area contributed by atoms with Crippen LogP contribution in [0, 0.1) is 0 Å². The van der Waals surface area contributed by atoms with Gasteiger partial charge in [0.2, 0.25) is 0 Å². The maximum absolute atomic E-state index is 5.89. The van der Waals surface area contributed by atoms with Crippen LogP contribution in [-0.4, -0.2) is 27.8 Å². The zero-order chi connectivity index (χ0) is 9.97. The lowest BCUT2D eigenvalue weighted by Gasteiger charge is -2.15. The highest BCUT2D eigenvalue weighted by Gasteiger charge is 2.15. The fourth-order valence-corrected chi connectivity index (χ4v) is 2.02. The molecular formula is C10H18N4. The average Bonchev–Trinajstić information content (AvgIpc) is 2.79. The molecule has 2 rings (SSSR count). The monoisotopic (exact) mass is 194 g/mol. The second-order valence-electron chi connectivity index (χ2n) is 3.85. The number of rotatable bonds is 3. The Morgan fingerprint density at radius 2 is 2.14 bits per heavy atom. The van der Waals surface area contributed by atoms with Gasteiger partial charge in [-0.15, -0.1) is 0 Å². The first-order chi connectivity index (χ1) is 6.81. The van der Waals surface area contributed by atoms with Gasteiger partial charge in [-0.2, -0.15) is 5.10 Å². The van der Waals surface area contributed by atoms with Crippen LogP contribution in [0.3, 0.4) is 0 Å². The highest BCUT2D eigenvalue weighted by Crippen LogP contribution is 2.17. The molecule has 0 unspecified atom stereocenters. The van der Waals surface area contributed by atoms with Gasteiger partial charge >= 0.3 is 0 Å². The average molecular weight is 194 g/mol. The van der Waals surface area contributed by atoms with Crippen molar-refractivity contribution < 1.29 is 0 Å². The van der Waals surface area contributed by atoms with Crippen LogP contribution in [0.2, 0.25) is 0 Å². The van der Waals surface area contributed by atoms with Crippen molar-refractivity contribution in [2.45, 2.75) is 32.9 Å². The van der Waals surface area contributed by atoms with Crippen molar-refractivity contribution in [1.29, 1.82) is 0 Å². The topological polar surface area (TPSA) is 47.1 Å². The predicted molar refractivity (Wildman–Crippen MR) is 56.8 cm³/mol. The molecule has 0 saturated carbocycles. The van der Waals surface area contributed by atoms with E-state index in [2.05, 4.69) is 16.9 Å². The summed E-state index contributed by atoms with van der Waals surface area (Å²) in [5.41, 5.74) is 7.89. The molecule has 0 radical (unpaired) electrons. The number of hydrogen-bond acceptors (Lipinski definition) is 3. The normalized spacial score (nSPS) is 17.8. The number of aryl methyl sites for hydroxylation is 1. The van der Waals surface area contributed by atoms with Crippen molar-refractivity contribution in [3.63, 3.8) is 0 Å². The van der Waals surface area contributed by atoms with Gasteiger partial charge in [0, 0.05) is 13.1 Å². The van der Waals surface area contributed by atoms with E-state index in [1.165, 1.54) is 31.6 Å². The van der Waals surface area contributed by atoms with Gasteiger partial charge in [-0.1, -0.05) is 0 Å². The molecule has 4 nitrogen and oxygen atoms in total. The molecule has 14 heavy (non-hydrogen) atoms. The lowest BCUT2D eigenvalue weighted by molar-refractivity contribution is 0.319. The van der Waals surface area contributed by atoms with Crippen LogP contribution in [0.4, 0.5) is 5.69 Å². The van der Waals surface area contributed by atoms with Crippen molar-refractivity contribution >= 4 is 5.69 Å². The van der Waals surface area contributed by atoms with Gasteiger partial charge < -0.3 is 5.73 Å². The van der Waals surface area contributed by atoms with E-state index in [1.54, 1.807) is 6.20 Å². The van der Waals surface area contributed by atoms with Crippen LogP contribution in [0.5, 0.6) is 0 Å². The van der Waals surface area contributed by atoms with Crippen LogP contribution in [0.25, 0.3) is 0 Å². The van der Waals surface area contributed by atoms with E-state index >= 15 is 0 Å². The number of nitrogen functional groups attached to an aromatic ring is 1. The van der Waals surface area contributed by atoms with Gasteiger partial charge in [0.25, 0.3) is 0 Å². The Balaban J connectivity index is 2.09. The Kier molecular flexibility index (Phi) is 2.72. The molecule has 4 heteroatoms. The lowest BCUT2D eigenvalue weighted by Crippen LogP contribution is -2.21. The van der Waals surface area contributed by atoms with Crippen LogP contribution in [0.15, 0.2) is 6.20 Å². The van der Waals surface area contributed by atoms with Crippen LogP contribution in [-0.2, 0) is 13.1 Å². The third-order valence-corrected chi connectivity index (χ3v) is 2.85. The van der Waals surface area contributed by atoms with Gasteiger partial charge in [0.05, 0.1) is 17.6 Å². The van der Waals surface area contributed by atoms with Crippen molar-refractivity contribution in [3.05, 3.63) is 11.9 Å². The molecule has 0 bridgehead atoms. The summed E-state index contributed by atoms with van der Waals surface area (Å²) in [7, 11) is 0. The quantitative estimate of drug-likeness (QED) is 0.783. The van der Waals surface area contributed by atoms with Crippen molar-refractivity contribution in [2.75, 3.05) is 18.8 Å². The Morgan fingerprint density at radius 1 is 1.43 bits per heavy atom. The highest BCUT2D eigenvalue weighted by molar-refractivity contribution is 5.40. The molecule has 0 aliphatic carbocycles. The number of nitrogens with zero attached hydrogens (tertiary/aromatic N) is 3. The van der Waals surface area contributed by atoms with Gasteiger partial charge in [0.1, 0.15) is 0 Å². The van der Waals surface area contributed by atoms with E-state index in [9.17, 15) is 0 Å². The zero-order valence-corrected chi connectivity index (χ0v) is 8.74. The van der Waals surface area contributed by atoms with E-state index in [0.717, 1.165) is 18.8 Å². The lowest BCUT2D eigenvalue weighted by atomic mass is 10.3. The first kappa shape index (κ1) is 9.52. The van der Waals surface area contributed by atoms with E-state index in [-0.39, 0.29) is 0 Å². The largest absolute Gasteiger partial charge is 0.396 e. The minimum absolute atomic E-state index is 0.832. The Hall–Kier alpha value is -1.03. The smallest absolute Gasteiger partial charge is 0.0753 e. The van der Waals surface area contributed by atoms with E-state index in [0.29, 0.717) is 0 Å². The second-order valence-corrected chi connectivity index (χ2v) is 3.85. The molecule has 78 valence electrons. The third kappa shape index (κ3) is 1.75. The summed E-state index contributed by atoms with van der Waals surface area (Å²) in [6.45, 7) is 6.36. The zero-order valence-electron chi connectivity index (χ0n) is 8.74. The Bertz CT molecular complexity index is 299. The molecular weight excluding hydrogens is 176 g/mol. The fraction of sp³-hybridized carbons (Fsp3) is 0.700. The molecule has 1 aliphatic heterocycles. The number of hydrogen-bond donors (Lipinski definition) is 1. The molecule has 0 aromatic carbocycles. The van der Waals surface area contributed by atoms with Crippen molar-refractivity contribution in [2.24, 2.45) is 0 Å². The van der Waals surface area contributed by atoms with Gasteiger partial charge in [-0.05, 0) is 32.9 Å². The minimum Gasteiger partial charge on any atom is -0.396 e. The summed E-state index contributed by atoms with van der Waals surface area (Å²) in [5, 5.41) is 4.24. The van der Waals surface area contributed by atoms with Crippen LogP contribution in [0.1, 0.15) is 25.5 Å². The molecule has 0 spiro atoms. The summed E-state index contributed by atoms with van der Waals surface area (Å²) < 4.78 is 1.99. The molecule has 0 amide bonds. The molecule has 1 aromatic heterocycles. The molecule has 2 heterocycles. The minimum atomic E-state index is 0.832. The Labute approximate surface area is 84.7 Å². The number of aromatic nitrogens is 2. The second kappa shape index (κ2) is 4.00. The Morgan fingerprint density at radius 3 is 2.79 bits per heavy atom. The van der Waals surface area contributed by atoms with Gasteiger partial charge in [-0.3, -0.25) is 9.58 Å². The summed E-state index contributed by atoms with van der Waals surface area (Å²) in [6.07, 6.45) is 4.40. The molecule has 0 atom stereocenters. The SMILES string of the molecule is CCn1ncc(N)c1CN1CCCC1. The summed E-state index contributed by atoms with van der Waals surface area (Å²) >= 11 is 0. The van der Waals surface area contributed by atoms with E-state index in [4.69, 9.17) is 5.73 Å². The maximum atomic E-state index is 5.89.